The number of rotatable bonds is 5. The van der Waals surface area contributed by atoms with Gasteiger partial charge < -0.3 is 15.1 Å². The maximum atomic E-state index is 13.4. The van der Waals surface area contributed by atoms with Crippen LogP contribution in [0.5, 0.6) is 0 Å². The Balaban J connectivity index is 1.72. The Bertz CT molecular complexity index is 573. The van der Waals surface area contributed by atoms with Gasteiger partial charge in [-0.25, -0.2) is 8.78 Å². The number of benzene rings is 1. The predicted octanol–water partition coefficient (Wildman–Crippen LogP) is 3.48. The molecule has 0 atom stereocenters. The van der Waals surface area contributed by atoms with Crippen molar-refractivity contribution < 1.29 is 13.2 Å². The summed E-state index contributed by atoms with van der Waals surface area (Å²) in [6.07, 6.45) is 3.26. The van der Waals surface area contributed by atoms with E-state index in [4.69, 9.17) is 16.6 Å². The van der Waals surface area contributed by atoms with Crippen LogP contribution in [-0.4, -0.2) is 11.7 Å². The molecule has 106 valence electrons. The molecule has 0 aliphatic rings. The van der Waals surface area contributed by atoms with E-state index in [1.54, 1.807) is 6.26 Å². The highest BCUT2D eigenvalue weighted by Gasteiger charge is 2.05. The number of nitrogens with one attached hydrogen (secondary N) is 2. The van der Waals surface area contributed by atoms with Crippen molar-refractivity contribution in [3.63, 3.8) is 0 Å². The Morgan fingerprint density at radius 3 is 2.80 bits per heavy atom. The minimum Gasteiger partial charge on any atom is -0.469 e. The molecule has 2 aromatic rings. The van der Waals surface area contributed by atoms with Gasteiger partial charge in [0.1, 0.15) is 17.4 Å². The van der Waals surface area contributed by atoms with Crippen molar-refractivity contribution in [1.29, 1.82) is 0 Å². The number of anilines is 1. The molecule has 0 spiro atoms. The number of furan rings is 1. The summed E-state index contributed by atoms with van der Waals surface area (Å²) < 4.78 is 31.3. The van der Waals surface area contributed by atoms with Crippen LogP contribution in [0.3, 0.4) is 0 Å². The van der Waals surface area contributed by atoms with Crippen molar-refractivity contribution >= 4 is 23.0 Å². The Kier molecular flexibility index (Phi) is 5.06. The third kappa shape index (κ3) is 4.31. The molecule has 1 aromatic carbocycles. The van der Waals surface area contributed by atoms with Crippen molar-refractivity contribution in [3.8, 4) is 0 Å². The normalized spacial score (nSPS) is 10.3. The third-order valence-electron chi connectivity index (χ3n) is 2.64. The molecule has 0 radical (unpaired) electrons. The minimum atomic E-state index is -0.676. The molecule has 0 unspecified atom stereocenters. The SMILES string of the molecule is Fc1ccc(NC(=S)NCCCc2ccco2)c(F)c1. The lowest BCUT2D eigenvalue weighted by Gasteiger charge is -2.10. The summed E-state index contributed by atoms with van der Waals surface area (Å²) in [4.78, 5) is 0. The topological polar surface area (TPSA) is 37.2 Å². The zero-order valence-corrected chi connectivity index (χ0v) is 11.5. The summed E-state index contributed by atoms with van der Waals surface area (Å²) in [5.74, 6) is -0.384. The van der Waals surface area contributed by atoms with E-state index >= 15 is 0 Å². The zero-order valence-electron chi connectivity index (χ0n) is 10.7. The molecule has 2 N–H and O–H groups in total. The average Bonchev–Trinajstić information content (AvgIpc) is 2.91. The van der Waals surface area contributed by atoms with E-state index in [1.165, 1.54) is 12.1 Å². The standard InChI is InChI=1S/C14H14F2N2OS/c15-10-5-6-13(12(16)9-10)18-14(20)17-7-1-3-11-4-2-8-19-11/h2,4-6,8-9H,1,3,7H2,(H2,17,18,20). The van der Waals surface area contributed by atoms with Crippen molar-refractivity contribution in [1.82, 2.24) is 5.32 Å². The van der Waals surface area contributed by atoms with Crippen molar-refractivity contribution in [2.24, 2.45) is 0 Å². The minimum absolute atomic E-state index is 0.148. The smallest absolute Gasteiger partial charge is 0.170 e. The number of aryl methyl sites for hydroxylation is 1. The molecule has 0 aliphatic heterocycles. The molecule has 6 heteroatoms. The molecular weight excluding hydrogens is 282 g/mol. The van der Waals surface area contributed by atoms with Gasteiger partial charge >= 0.3 is 0 Å². The summed E-state index contributed by atoms with van der Waals surface area (Å²) >= 11 is 5.04. The van der Waals surface area contributed by atoms with Gasteiger partial charge in [-0.15, -0.1) is 0 Å². The van der Waals surface area contributed by atoms with E-state index < -0.39 is 11.6 Å². The van der Waals surface area contributed by atoms with E-state index in [1.807, 2.05) is 12.1 Å². The fraction of sp³-hybridized carbons (Fsp3) is 0.214. The lowest BCUT2D eigenvalue weighted by molar-refractivity contribution is 0.501. The molecule has 2 rings (SSSR count). The van der Waals surface area contributed by atoms with Crippen LogP contribution in [-0.2, 0) is 6.42 Å². The van der Waals surface area contributed by atoms with Crippen LogP contribution in [0, 0.1) is 11.6 Å². The fourth-order valence-corrected chi connectivity index (χ4v) is 1.89. The van der Waals surface area contributed by atoms with Crippen molar-refractivity contribution in [2.75, 3.05) is 11.9 Å². The first-order chi connectivity index (χ1) is 9.65. The molecular formula is C14H14F2N2OS. The lowest BCUT2D eigenvalue weighted by atomic mass is 10.2. The summed E-state index contributed by atoms with van der Waals surface area (Å²) in [7, 11) is 0. The first-order valence-corrected chi connectivity index (χ1v) is 6.58. The number of thiocarbonyl (C=S) groups is 1. The first-order valence-electron chi connectivity index (χ1n) is 6.17. The van der Waals surface area contributed by atoms with Gasteiger partial charge in [-0.3, -0.25) is 0 Å². The first kappa shape index (κ1) is 14.5. The molecule has 0 fully saturated rings. The third-order valence-corrected chi connectivity index (χ3v) is 2.89. The average molecular weight is 296 g/mol. The van der Waals surface area contributed by atoms with Crippen molar-refractivity contribution in [3.05, 3.63) is 54.0 Å². The Morgan fingerprint density at radius 2 is 2.10 bits per heavy atom. The van der Waals surface area contributed by atoms with Gasteiger partial charge in [-0.2, -0.15) is 0 Å². The van der Waals surface area contributed by atoms with Crippen molar-refractivity contribution in [2.45, 2.75) is 12.8 Å². The summed E-state index contributed by atoms with van der Waals surface area (Å²) in [6, 6.07) is 7.03. The van der Waals surface area contributed by atoms with Gasteiger partial charge in [-0.1, -0.05) is 0 Å². The summed E-state index contributed by atoms with van der Waals surface area (Å²) in [6.45, 7) is 0.634. The van der Waals surface area contributed by atoms with E-state index in [9.17, 15) is 8.78 Å². The van der Waals surface area contributed by atoms with Gasteiger partial charge in [0.25, 0.3) is 0 Å². The number of halogens is 2. The molecule has 1 aromatic heterocycles. The fourth-order valence-electron chi connectivity index (χ4n) is 1.68. The molecule has 0 aliphatic carbocycles. The van der Waals surface area contributed by atoms with Gasteiger partial charge in [0.05, 0.1) is 12.0 Å². The second-order valence-corrected chi connectivity index (χ2v) is 4.60. The molecule has 20 heavy (non-hydrogen) atoms. The summed E-state index contributed by atoms with van der Waals surface area (Å²) in [5.41, 5.74) is 0.148. The number of hydrogen-bond donors (Lipinski definition) is 2. The Labute approximate surface area is 121 Å². The van der Waals surface area contributed by atoms with E-state index in [-0.39, 0.29) is 5.69 Å². The summed E-state index contributed by atoms with van der Waals surface area (Å²) in [5, 5.41) is 5.94. The monoisotopic (exact) mass is 296 g/mol. The largest absolute Gasteiger partial charge is 0.469 e. The Morgan fingerprint density at radius 1 is 1.25 bits per heavy atom. The molecule has 1 heterocycles. The maximum absolute atomic E-state index is 13.4. The van der Waals surface area contributed by atoms with Gasteiger partial charge in [0.2, 0.25) is 0 Å². The second-order valence-electron chi connectivity index (χ2n) is 4.19. The quantitative estimate of drug-likeness (QED) is 0.654. The van der Waals surface area contributed by atoms with Crippen LogP contribution < -0.4 is 10.6 Å². The highest BCUT2D eigenvalue weighted by molar-refractivity contribution is 7.80. The molecule has 3 nitrogen and oxygen atoms in total. The van der Waals surface area contributed by atoms with Crippen LogP contribution in [0.25, 0.3) is 0 Å². The molecule has 0 saturated heterocycles. The van der Waals surface area contributed by atoms with Crippen LogP contribution >= 0.6 is 12.2 Å². The van der Waals surface area contributed by atoms with E-state index in [2.05, 4.69) is 10.6 Å². The van der Waals surface area contributed by atoms with Crippen LogP contribution in [0.15, 0.2) is 41.0 Å². The van der Waals surface area contributed by atoms with E-state index in [0.717, 1.165) is 24.7 Å². The number of hydrogen-bond acceptors (Lipinski definition) is 2. The lowest BCUT2D eigenvalue weighted by Crippen LogP contribution is -2.29. The highest BCUT2D eigenvalue weighted by atomic mass is 32.1. The van der Waals surface area contributed by atoms with Crippen LogP contribution in [0.2, 0.25) is 0 Å². The molecule has 0 amide bonds. The molecule has 0 bridgehead atoms. The van der Waals surface area contributed by atoms with Crippen LogP contribution in [0.1, 0.15) is 12.2 Å². The predicted molar refractivity (Wildman–Crippen MR) is 77.6 cm³/mol. The molecule has 0 saturated carbocycles. The van der Waals surface area contributed by atoms with Gasteiger partial charge in [0, 0.05) is 19.0 Å². The van der Waals surface area contributed by atoms with Crippen LogP contribution in [0.4, 0.5) is 14.5 Å². The van der Waals surface area contributed by atoms with Gasteiger partial charge in [0.15, 0.2) is 5.11 Å². The zero-order chi connectivity index (χ0) is 14.4. The van der Waals surface area contributed by atoms with Gasteiger partial charge in [-0.05, 0) is 42.9 Å². The Hall–Kier alpha value is -1.95. The highest BCUT2D eigenvalue weighted by Crippen LogP contribution is 2.14. The second kappa shape index (κ2) is 7.00. The maximum Gasteiger partial charge on any atom is 0.170 e. The van der Waals surface area contributed by atoms with E-state index in [0.29, 0.717) is 11.7 Å².